The van der Waals surface area contributed by atoms with Gasteiger partial charge >= 0.3 is 0 Å². The summed E-state index contributed by atoms with van der Waals surface area (Å²) in [4.78, 5) is 16.1. The van der Waals surface area contributed by atoms with Crippen molar-refractivity contribution < 1.29 is 4.79 Å². The van der Waals surface area contributed by atoms with Crippen LogP contribution in [0.4, 0.5) is 5.13 Å². The van der Waals surface area contributed by atoms with E-state index in [2.05, 4.69) is 28.6 Å². The largest absolute Gasteiger partial charge is 0.320 e. The number of carbonyl (C=O) groups excluding carboxylic acids is 1. The lowest BCUT2D eigenvalue weighted by atomic mass is 10.2. The van der Waals surface area contributed by atoms with Crippen LogP contribution in [-0.2, 0) is 4.79 Å². The zero-order chi connectivity index (χ0) is 13.0. The number of benzene rings is 1. The molecule has 18 heavy (non-hydrogen) atoms. The van der Waals surface area contributed by atoms with Crippen molar-refractivity contribution >= 4 is 32.6 Å². The summed E-state index contributed by atoms with van der Waals surface area (Å²) in [5.74, 6) is 0.0287. The molecule has 0 fully saturated rings. The molecule has 0 saturated heterocycles. The molecule has 1 aromatic carbocycles. The minimum absolute atomic E-state index is 0.0287. The summed E-state index contributed by atoms with van der Waals surface area (Å²) >= 11 is 1.52. The van der Waals surface area contributed by atoms with Gasteiger partial charge in [0.25, 0.3) is 0 Å². The Labute approximate surface area is 110 Å². The molecule has 0 radical (unpaired) electrons. The van der Waals surface area contributed by atoms with E-state index in [9.17, 15) is 4.79 Å². The highest BCUT2D eigenvalue weighted by atomic mass is 32.1. The van der Waals surface area contributed by atoms with E-state index in [1.165, 1.54) is 16.9 Å². The van der Waals surface area contributed by atoms with Gasteiger partial charge in [0.1, 0.15) is 0 Å². The Morgan fingerprint density at radius 1 is 1.44 bits per heavy atom. The topological polar surface area (TPSA) is 54.0 Å². The minimum Gasteiger partial charge on any atom is -0.320 e. The van der Waals surface area contributed by atoms with E-state index in [1.807, 2.05) is 19.2 Å². The minimum atomic E-state index is 0.0287. The van der Waals surface area contributed by atoms with Crippen LogP contribution in [0, 0.1) is 6.92 Å². The van der Waals surface area contributed by atoms with Gasteiger partial charge in [-0.2, -0.15) is 0 Å². The van der Waals surface area contributed by atoms with E-state index in [0.717, 1.165) is 23.2 Å². The Morgan fingerprint density at radius 2 is 2.28 bits per heavy atom. The SMILES string of the molecule is CNCCCC(=O)Nc1nc2ccc(C)cc2s1. The highest BCUT2D eigenvalue weighted by Gasteiger charge is 2.07. The second-order valence-corrected chi connectivity index (χ2v) is 5.28. The molecule has 0 aliphatic carbocycles. The molecule has 0 saturated carbocycles. The van der Waals surface area contributed by atoms with Crippen molar-refractivity contribution in [2.24, 2.45) is 0 Å². The molecular weight excluding hydrogens is 246 g/mol. The Kier molecular flexibility index (Phi) is 4.28. The quantitative estimate of drug-likeness (QED) is 0.815. The van der Waals surface area contributed by atoms with Crippen LogP contribution in [0.2, 0.25) is 0 Å². The van der Waals surface area contributed by atoms with Gasteiger partial charge in [-0.1, -0.05) is 17.4 Å². The molecule has 0 aliphatic heterocycles. The lowest BCUT2D eigenvalue weighted by Crippen LogP contribution is -2.15. The Morgan fingerprint density at radius 3 is 3.06 bits per heavy atom. The maximum Gasteiger partial charge on any atom is 0.226 e. The third kappa shape index (κ3) is 3.27. The summed E-state index contributed by atoms with van der Waals surface area (Å²) in [6.07, 6.45) is 1.36. The molecule has 2 rings (SSSR count). The zero-order valence-corrected chi connectivity index (χ0v) is 11.4. The number of anilines is 1. The van der Waals surface area contributed by atoms with Crippen LogP contribution < -0.4 is 10.6 Å². The van der Waals surface area contributed by atoms with E-state index in [4.69, 9.17) is 0 Å². The fourth-order valence-electron chi connectivity index (χ4n) is 1.69. The molecule has 0 aliphatic rings. The molecule has 0 bridgehead atoms. The van der Waals surface area contributed by atoms with Gasteiger partial charge in [0, 0.05) is 6.42 Å². The van der Waals surface area contributed by atoms with Crippen LogP contribution >= 0.6 is 11.3 Å². The van der Waals surface area contributed by atoms with Crippen molar-refractivity contribution in [1.29, 1.82) is 0 Å². The van der Waals surface area contributed by atoms with E-state index in [0.29, 0.717) is 11.6 Å². The summed E-state index contributed by atoms with van der Waals surface area (Å²) < 4.78 is 1.11. The lowest BCUT2D eigenvalue weighted by Gasteiger charge is -2.00. The summed E-state index contributed by atoms with van der Waals surface area (Å²) in [7, 11) is 1.88. The highest BCUT2D eigenvalue weighted by Crippen LogP contribution is 2.26. The van der Waals surface area contributed by atoms with Gasteiger partial charge in [0.05, 0.1) is 10.2 Å². The highest BCUT2D eigenvalue weighted by molar-refractivity contribution is 7.22. The average Bonchev–Trinajstić information content (AvgIpc) is 2.70. The van der Waals surface area contributed by atoms with Crippen LogP contribution in [-0.4, -0.2) is 24.5 Å². The molecule has 1 heterocycles. The first-order valence-electron chi connectivity index (χ1n) is 6.00. The molecule has 0 unspecified atom stereocenters. The molecule has 0 spiro atoms. The number of rotatable bonds is 5. The molecule has 1 aromatic heterocycles. The predicted octanol–water partition coefficient (Wildman–Crippen LogP) is 2.54. The Bertz CT molecular complexity index is 550. The number of aromatic nitrogens is 1. The first-order valence-corrected chi connectivity index (χ1v) is 6.82. The summed E-state index contributed by atoms with van der Waals surface area (Å²) in [5, 5.41) is 6.56. The van der Waals surface area contributed by atoms with Crippen molar-refractivity contribution in [2.75, 3.05) is 18.9 Å². The van der Waals surface area contributed by atoms with Crippen molar-refractivity contribution in [3.8, 4) is 0 Å². The molecule has 2 N–H and O–H groups in total. The average molecular weight is 263 g/mol. The maximum atomic E-state index is 11.7. The number of carbonyl (C=O) groups is 1. The van der Waals surface area contributed by atoms with Crippen molar-refractivity contribution in [3.05, 3.63) is 23.8 Å². The van der Waals surface area contributed by atoms with E-state index < -0.39 is 0 Å². The standard InChI is InChI=1S/C13H17N3OS/c1-9-5-6-10-11(8-9)18-13(15-10)16-12(17)4-3-7-14-2/h5-6,8,14H,3-4,7H2,1-2H3,(H,15,16,17). The smallest absolute Gasteiger partial charge is 0.226 e. The van der Waals surface area contributed by atoms with Gasteiger partial charge < -0.3 is 10.6 Å². The predicted molar refractivity (Wildman–Crippen MR) is 76.1 cm³/mol. The number of fused-ring (bicyclic) bond motifs is 1. The lowest BCUT2D eigenvalue weighted by molar-refractivity contribution is -0.116. The van der Waals surface area contributed by atoms with Crippen molar-refractivity contribution in [3.63, 3.8) is 0 Å². The van der Waals surface area contributed by atoms with Gasteiger partial charge in [-0.15, -0.1) is 0 Å². The number of amides is 1. The molecular formula is C13H17N3OS. The maximum absolute atomic E-state index is 11.7. The summed E-state index contributed by atoms with van der Waals surface area (Å²) in [6.45, 7) is 2.90. The molecule has 1 amide bonds. The van der Waals surface area contributed by atoms with Crippen LogP contribution in [0.1, 0.15) is 18.4 Å². The van der Waals surface area contributed by atoms with Gasteiger partial charge in [0.15, 0.2) is 5.13 Å². The molecule has 96 valence electrons. The van der Waals surface area contributed by atoms with Gasteiger partial charge in [0.2, 0.25) is 5.91 Å². The number of hydrogen-bond donors (Lipinski definition) is 2. The van der Waals surface area contributed by atoms with Crippen molar-refractivity contribution in [2.45, 2.75) is 19.8 Å². The normalized spacial score (nSPS) is 10.8. The fraction of sp³-hybridized carbons (Fsp3) is 0.385. The van der Waals surface area contributed by atoms with Crippen LogP contribution in [0.3, 0.4) is 0 Å². The Balaban J connectivity index is 2.01. The molecule has 2 aromatic rings. The Hall–Kier alpha value is -1.46. The zero-order valence-electron chi connectivity index (χ0n) is 10.6. The molecule has 0 atom stereocenters. The second kappa shape index (κ2) is 5.93. The van der Waals surface area contributed by atoms with E-state index >= 15 is 0 Å². The number of nitrogens with zero attached hydrogens (tertiary/aromatic N) is 1. The second-order valence-electron chi connectivity index (χ2n) is 4.25. The molecule has 5 heteroatoms. The first-order chi connectivity index (χ1) is 8.69. The number of hydrogen-bond acceptors (Lipinski definition) is 4. The van der Waals surface area contributed by atoms with Gasteiger partial charge in [-0.3, -0.25) is 4.79 Å². The number of aryl methyl sites for hydroxylation is 1. The van der Waals surface area contributed by atoms with Crippen LogP contribution in [0.25, 0.3) is 10.2 Å². The van der Waals surface area contributed by atoms with Crippen LogP contribution in [0.15, 0.2) is 18.2 Å². The number of nitrogens with one attached hydrogen (secondary N) is 2. The summed E-state index contributed by atoms with van der Waals surface area (Å²) in [5.41, 5.74) is 2.15. The fourth-order valence-corrected chi connectivity index (χ4v) is 2.67. The van der Waals surface area contributed by atoms with Crippen LogP contribution in [0.5, 0.6) is 0 Å². The number of thiazole rings is 1. The van der Waals surface area contributed by atoms with E-state index in [-0.39, 0.29) is 5.91 Å². The third-order valence-corrected chi connectivity index (χ3v) is 3.55. The van der Waals surface area contributed by atoms with Gasteiger partial charge in [-0.25, -0.2) is 4.98 Å². The van der Waals surface area contributed by atoms with Crippen molar-refractivity contribution in [1.82, 2.24) is 10.3 Å². The third-order valence-electron chi connectivity index (χ3n) is 2.62. The first kappa shape index (κ1) is 13.0. The monoisotopic (exact) mass is 263 g/mol. The molecule has 4 nitrogen and oxygen atoms in total. The summed E-state index contributed by atoms with van der Waals surface area (Å²) in [6, 6.07) is 6.10. The van der Waals surface area contributed by atoms with Gasteiger partial charge in [-0.05, 0) is 44.6 Å². The van der Waals surface area contributed by atoms with E-state index in [1.54, 1.807) is 0 Å².